The number of carboxylic acid groups (broad SMARTS) is 1. The van der Waals surface area contributed by atoms with Crippen LogP contribution >= 0.6 is 11.8 Å². The molecule has 1 aromatic heterocycles. The van der Waals surface area contributed by atoms with Gasteiger partial charge < -0.3 is 26.5 Å². The first-order valence-electron chi connectivity index (χ1n) is 8.31. The minimum Gasteiger partial charge on any atom is -0.480 e. The van der Waals surface area contributed by atoms with Gasteiger partial charge in [-0.15, -0.1) is 0 Å². The second-order valence-corrected chi connectivity index (χ2v) is 7.28. The van der Waals surface area contributed by atoms with Gasteiger partial charge in [-0.25, -0.2) is 9.78 Å². The van der Waals surface area contributed by atoms with Crippen LogP contribution in [0.1, 0.15) is 26.0 Å². The summed E-state index contributed by atoms with van der Waals surface area (Å²) < 4.78 is 0. The molecule has 26 heavy (non-hydrogen) atoms. The predicted molar refractivity (Wildman–Crippen MR) is 99.6 cm³/mol. The summed E-state index contributed by atoms with van der Waals surface area (Å²) in [6.07, 6.45) is 5.48. The first kappa shape index (κ1) is 22.0. The molecule has 0 fully saturated rings. The number of nitrogens with one attached hydrogen (secondary N) is 3. The maximum absolute atomic E-state index is 12.5. The van der Waals surface area contributed by atoms with Crippen LogP contribution in [-0.2, 0) is 20.8 Å². The minimum absolute atomic E-state index is 0.228. The number of carboxylic acids is 1. The van der Waals surface area contributed by atoms with Gasteiger partial charge in [-0.05, 0) is 24.3 Å². The number of rotatable bonds is 11. The van der Waals surface area contributed by atoms with Crippen molar-refractivity contribution in [1.82, 2.24) is 20.6 Å². The average molecular weight is 385 g/mol. The summed E-state index contributed by atoms with van der Waals surface area (Å²) >= 11 is 1.50. The number of nitrogens with two attached hydrogens (primary N) is 1. The van der Waals surface area contributed by atoms with Gasteiger partial charge in [0.25, 0.3) is 0 Å². The molecule has 0 radical (unpaired) electrons. The number of amides is 2. The summed E-state index contributed by atoms with van der Waals surface area (Å²) in [6.45, 7) is 3.53. The zero-order valence-electron chi connectivity index (χ0n) is 15.2. The number of aliphatic carboxylic acids is 1. The number of nitrogens with zero attached hydrogens (tertiary/aromatic N) is 1. The van der Waals surface area contributed by atoms with E-state index >= 15 is 0 Å². The summed E-state index contributed by atoms with van der Waals surface area (Å²) in [7, 11) is 0. The van der Waals surface area contributed by atoms with Gasteiger partial charge in [-0.3, -0.25) is 9.59 Å². The molecule has 9 nitrogen and oxygen atoms in total. The molecule has 2 amide bonds. The van der Waals surface area contributed by atoms with E-state index in [-0.39, 0.29) is 12.3 Å². The highest BCUT2D eigenvalue weighted by Crippen LogP contribution is 2.06. The zero-order valence-corrected chi connectivity index (χ0v) is 16.0. The first-order valence-corrected chi connectivity index (χ1v) is 9.71. The van der Waals surface area contributed by atoms with Gasteiger partial charge in [0.1, 0.15) is 12.1 Å². The van der Waals surface area contributed by atoms with Crippen LogP contribution in [0.2, 0.25) is 0 Å². The van der Waals surface area contributed by atoms with E-state index in [1.54, 1.807) is 20.0 Å². The van der Waals surface area contributed by atoms with E-state index in [1.807, 2.05) is 6.26 Å². The number of hydrogen-bond acceptors (Lipinski definition) is 6. The number of aromatic nitrogens is 2. The topological polar surface area (TPSA) is 150 Å². The van der Waals surface area contributed by atoms with E-state index in [0.717, 1.165) is 0 Å². The van der Waals surface area contributed by atoms with Crippen LogP contribution < -0.4 is 16.4 Å². The molecule has 0 bridgehead atoms. The normalized spacial score (nSPS) is 14.5. The van der Waals surface area contributed by atoms with Crippen molar-refractivity contribution in [3.63, 3.8) is 0 Å². The molecule has 1 rings (SSSR count). The van der Waals surface area contributed by atoms with Gasteiger partial charge in [0.2, 0.25) is 11.8 Å². The Bertz CT molecular complexity index is 593. The second kappa shape index (κ2) is 10.8. The fraction of sp³-hybridized carbons (Fsp3) is 0.625. The van der Waals surface area contributed by atoms with Crippen LogP contribution in [0.3, 0.4) is 0 Å². The van der Waals surface area contributed by atoms with Crippen molar-refractivity contribution < 1.29 is 19.5 Å². The number of carbonyl (C=O) groups is 3. The molecule has 6 N–H and O–H groups in total. The highest BCUT2D eigenvalue weighted by Gasteiger charge is 2.29. The van der Waals surface area contributed by atoms with Crippen molar-refractivity contribution in [2.45, 2.75) is 44.8 Å². The molecule has 0 saturated heterocycles. The largest absolute Gasteiger partial charge is 0.480 e. The zero-order chi connectivity index (χ0) is 19.7. The molecule has 0 aliphatic heterocycles. The molecule has 10 heteroatoms. The molecule has 146 valence electrons. The Morgan fingerprint density at radius 1 is 1.31 bits per heavy atom. The van der Waals surface area contributed by atoms with E-state index in [9.17, 15) is 19.5 Å². The van der Waals surface area contributed by atoms with Crippen LogP contribution in [0.15, 0.2) is 12.5 Å². The Labute approximate surface area is 156 Å². The van der Waals surface area contributed by atoms with Crippen molar-refractivity contribution >= 4 is 29.5 Å². The first-order chi connectivity index (χ1) is 12.3. The maximum atomic E-state index is 12.5. The third-order valence-electron chi connectivity index (χ3n) is 3.80. The van der Waals surface area contributed by atoms with E-state index in [4.69, 9.17) is 5.73 Å². The van der Waals surface area contributed by atoms with Gasteiger partial charge >= 0.3 is 5.97 Å². The third kappa shape index (κ3) is 7.04. The number of imidazole rings is 1. The van der Waals surface area contributed by atoms with Crippen LogP contribution in [0.25, 0.3) is 0 Å². The van der Waals surface area contributed by atoms with Crippen LogP contribution in [0.4, 0.5) is 0 Å². The van der Waals surface area contributed by atoms with Gasteiger partial charge in [0.05, 0.1) is 12.4 Å². The van der Waals surface area contributed by atoms with Crippen LogP contribution in [0.5, 0.6) is 0 Å². The summed E-state index contributed by atoms with van der Waals surface area (Å²) in [5.74, 6) is -1.74. The lowest BCUT2D eigenvalue weighted by Gasteiger charge is -2.25. The molecular formula is C16H27N5O4S. The molecule has 1 heterocycles. The average Bonchev–Trinajstić information content (AvgIpc) is 3.08. The summed E-state index contributed by atoms with van der Waals surface area (Å²) in [5.41, 5.74) is 6.59. The Morgan fingerprint density at radius 3 is 2.50 bits per heavy atom. The Kier molecular flexibility index (Phi) is 9.14. The van der Waals surface area contributed by atoms with Crippen molar-refractivity contribution in [2.75, 3.05) is 12.0 Å². The minimum atomic E-state index is -1.10. The summed E-state index contributed by atoms with van der Waals surface area (Å²) in [5, 5.41) is 14.4. The van der Waals surface area contributed by atoms with Crippen molar-refractivity contribution in [3.05, 3.63) is 18.2 Å². The fourth-order valence-corrected chi connectivity index (χ4v) is 2.75. The number of carbonyl (C=O) groups excluding carboxylic acids is 2. The van der Waals surface area contributed by atoms with Crippen molar-refractivity contribution in [1.29, 1.82) is 0 Å². The molecule has 0 spiro atoms. The Balaban J connectivity index is 2.69. The molecule has 0 saturated carbocycles. The lowest BCUT2D eigenvalue weighted by Crippen LogP contribution is -2.56. The number of aromatic amines is 1. The van der Waals surface area contributed by atoms with Crippen molar-refractivity contribution in [3.8, 4) is 0 Å². The molecule has 0 aliphatic carbocycles. The van der Waals surface area contributed by atoms with Gasteiger partial charge in [-0.1, -0.05) is 13.8 Å². The fourth-order valence-electron chi connectivity index (χ4n) is 2.28. The predicted octanol–water partition coefficient (Wildman–Crippen LogP) is -0.257. The van der Waals surface area contributed by atoms with E-state index < -0.39 is 35.9 Å². The highest BCUT2D eigenvalue weighted by atomic mass is 32.2. The van der Waals surface area contributed by atoms with E-state index in [0.29, 0.717) is 17.9 Å². The number of H-pyrrole nitrogens is 1. The molecule has 0 unspecified atom stereocenters. The van der Waals surface area contributed by atoms with Crippen molar-refractivity contribution in [2.24, 2.45) is 11.7 Å². The van der Waals surface area contributed by atoms with Gasteiger partial charge in [-0.2, -0.15) is 11.8 Å². The third-order valence-corrected chi connectivity index (χ3v) is 4.45. The quantitative estimate of drug-likeness (QED) is 0.352. The molecule has 0 aliphatic rings. The second-order valence-electron chi connectivity index (χ2n) is 6.30. The van der Waals surface area contributed by atoms with E-state index in [1.165, 1.54) is 18.1 Å². The Hall–Kier alpha value is -2.07. The van der Waals surface area contributed by atoms with Gasteiger partial charge in [0, 0.05) is 18.3 Å². The van der Waals surface area contributed by atoms with Gasteiger partial charge in [0.15, 0.2) is 0 Å². The lowest BCUT2D eigenvalue weighted by molar-refractivity contribution is -0.142. The van der Waals surface area contributed by atoms with Crippen LogP contribution in [0, 0.1) is 5.92 Å². The number of hydrogen-bond donors (Lipinski definition) is 5. The molecule has 1 aromatic rings. The maximum Gasteiger partial charge on any atom is 0.326 e. The molecule has 0 aromatic carbocycles. The summed E-state index contributed by atoms with van der Waals surface area (Å²) in [4.78, 5) is 42.8. The number of thioether (sulfide) groups is 1. The highest BCUT2D eigenvalue weighted by molar-refractivity contribution is 7.98. The monoisotopic (exact) mass is 385 g/mol. The smallest absolute Gasteiger partial charge is 0.326 e. The SMILES string of the molecule is CSCC[C@H](NC(=O)[C@@H](NC(=O)[C@@H](N)Cc1cnc[nH]1)C(C)C)C(=O)O. The standard InChI is InChI=1S/C16H27N5O4S/c1-9(2)13(15(23)20-12(16(24)25)4-5-26-3)21-14(22)11(17)6-10-7-18-8-19-10/h7-9,11-13H,4-6,17H2,1-3H3,(H,18,19)(H,20,23)(H,21,22)(H,24,25)/t11-,12-,13-/m0/s1. The lowest BCUT2D eigenvalue weighted by atomic mass is 10.0. The summed E-state index contributed by atoms with van der Waals surface area (Å²) in [6, 6.07) is -2.71. The molecule has 3 atom stereocenters. The molecular weight excluding hydrogens is 358 g/mol. The van der Waals surface area contributed by atoms with Crippen LogP contribution in [-0.4, -0.2) is 63.0 Å². The Morgan fingerprint density at radius 2 is 2.00 bits per heavy atom. The van der Waals surface area contributed by atoms with E-state index in [2.05, 4.69) is 20.6 Å².